The van der Waals surface area contributed by atoms with Gasteiger partial charge in [0, 0.05) is 45.0 Å². The van der Waals surface area contributed by atoms with Gasteiger partial charge in [0.2, 0.25) is 5.91 Å². The number of anilines is 1. The molecule has 0 spiro atoms. The maximum atomic E-state index is 12.9. The fraction of sp³-hybridized carbons (Fsp3) is 0.650. The molecule has 0 radical (unpaired) electrons. The lowest BCUT2D eigenvalue weighted by molar-refractivity contribution is -0.137. The van der Waals surface area contributed by atoms with Crippen LogP contribution in [0.5, 0.6) is 0 Å². The summed E-state index contributed by atoms with van der Waals surface area (Å²) in [5.41, 5.74) is -0.360. The number of halogens is 3. The highest BCUT2D eigenvalue weighted by atomic mass is 19.4. The van der Waals surface area contributed by atoms with Crippen molar-refractivity contribution in [1.29, 1.82) is 0 Å². The molecule has 4 nitrogen and oxygen atoms in total. The number of amides is 1. The Hall–Kier alpha value is -1.60. The second-order valence-corrected chi connectivity index (χ2v) is 7.52. The molecule has 2 fully saturated rings. The minimum absolute atomic E-state index is 0.0530. The molecule has 2 saturated heterocycles. The first-order valence-electron chi connectivity index (χ1n) is 9.82. The number of unbranched alkanes of at least 4 members (excludes halogenated alkanes) is 1. The van der Waals surface area contributed by atoms with E-state index in [1.54, 1.807) is 6.07 Å². The third-order valence-electron chi connectivity index (χ3n) is 5.57. The molecule has 1 amide bonds. The molecule has 1 aromatic rings. The van der Waals surface area contributed by atoms with Crippen molar-refractivity contribution in [1.82, 2.24) is 9.80 Å². The second-order valence-electron chi connectivity index (χ2n) is 7.52. The van der Waals surface area contributed by atoms with E-state index in [0.717, 1.165) is 44.9 Å². The average molecular weight is 383 g/mol. The number of rotatable bonds is 6. The molecule has 7 heteroatoms. The molecule has 3 rings (SSSR count). The highest BCUT2D eigenvalue weighted by Gasteiger charge is 2.36. The molecule has 2 aliphatic heterocycles. The Bertz CT molecular complexity index is 642. The first-order valence-corrected chi connectivity index (χ1v) is 9.82. The molecule has 1 unspecified atom stereocenters. The molecule has 1 aromatic carbocycles. The van der Waals surface area contributed by atoms with Gasteiger partial charge < -0.3 is 14.7 Å². The normalized spacial score (nSPS) is 22.6. The quantitative estimate of drug-likeness (QED) is 0.753. The standard InChI is InChI=1S/C20H28F3N3O/c1-2-3-8-24-10-12-25(13-11-24)15-16-7-9-26(19(16)27)18-6-4-5-17(14-18)20(21,22)23/h4-6,14,16H,2-3,7-13,15H2,1H3. The van der Waals surface area contributed by atoms with Crippen LogP contribution in [0, 0.1) is 5.92 Å². The molecule has 0 aliphatic carbocycles. The largest absolute Gasteiger partial charge is 0.416 e. The van der Waals surface area contributed by atoms with E-state index in [2.05, 4.69) is 16.7 Å². The molecule has 150 valence electrons. The SMILES string of the molecule is CCCCN1CCN(CC2CCN(c3cccc(C(F)(F)F)c3)C2=O)CC1. The summed E-state index contributed by atoms with van der Waals surface area (Å²) in [6, 6.07) is 5.07. The summed E-state index contributed by atoms with van der Waals surface area (Å²) in [6.07, 6.45) is -1.28. The number of benzene rings is 1. The van der Waals surface area contributed by atoms with Crippen molar-refractivity contribution in [3.8, 4) is 0 Å². The monoisotopic (exact) mass is 383 g/mol. The van der Waals surface area contributed by atoms with Gasteiger partial charge in [0.15, 0.2) is 0 Å². The highest BCUT2D eigenvalue weighted by molar-refractivity contribution is 5.97. The zero-order chi connectivity index (χ0) is 19.4. The van der Waals surface area contributed by atoms with Crippen molar-refractivity contribution >= 4 is 11.6 Å². The van der Waals surface area contributed by atoms with Gasteiger partial charge in [-0.05, 0) is 37.6 Å². The zero-order valence-corrected chi connectivity index (χ0v) is 15.8. The Morgan fingerprint density at radius 3 is 2.44 bits per heavy atom. The van der Waals surface area contributed by atoms with Crippen molar-refractivity contribution < 1.29 is 18.0 Å². The maximum Gasteiger partial charge on any atom is 0.416 e. The minimum Gasteiger partial charge on any atom is -0.312 e. The van der Waals surface area contributed by atoms with Crippen LogP contribution in [0.2, 0.25) is 0 Å². The molecule has 2 aliphatic rings. The second kappa shape index (κ2) is 8.61. The van der Waals surface area contributed by atoms with Crippen LogP contribution < -0.4 is 4.90 Å². The van der Waals surface area contributed by atoms with Crippen LogP contribution in [-0.4, -0.2) is 61.5 Å². The summed E-state index contributed by atoms with van der Waals surface area (Å²) in [5.74, 6) is -0.176. The molecular formula is C20H28F3N3O. The lowest BCUT2D eigenvalue weighted by atomic mass is 10.1. The Morgan fingerprint density at radius 1 is 1.07 bits per heavy atom. The minimum atomic E-state index is -4.39. The van der Waals surface area contributed by atoms with Crippen LogP contribution in [0.25, 0.3) is 0 Å². The van der Waals surface area contributed by atoms with Crippen molar-refractivity contribution in [3.05, 3.63) is 29.8 Å². The van der Waals surface area contributed by atoms with Crippen molar-refractivity contribution in [2.45, 2.75) is 32.4 Å². The molecule has 1 atom stereocenters. The van der Waals surface area contributed by atoms with Gasteiger partial charge in [-0.3, -0.25) is 4.79 Å². The Balaban J connectivity index is 1.55. The van der Waals surface area contributed by atoms with E-state index in [1.807, 2.05) is 0 Å². The van der Waals surface area contributed by atoms with Crippen molar-refractivity contribution in [2.24, 2.45) is 5.92 Å². The number of carbonyl (C=O) groups excluding carboxylic acids is 1. The Labute approximate surface area is 158 Å². The van der Waals surface area contributed by atoms with Crippen molar-refractivity contribution in [2.75, 3.05) is 50.7 Å². The van der Waals surface area contributed by atoms with Gasteiger partial charge in [-0.1, -0.05) is 19.4 Å². The Kier molecular flexibility index (Phi) is 6.42. The molecular weight excluding hydrogens is 355 g/mol. The summed E-state index contributed by atoms with van der Waals surface area (Å²) in [4.78, 5) is 19.0. The highest BCUT2D eigenvalue weighted by Crippen LogP contribution is 2.33. The first kappa shape index (κ1) is 20.1. The molecule has 2 heterocycles. The molecule has 0 bridgehead atoms. The Morgan fingerprint density at radius 2 is 1.78 bits per heavy atom. The molecule has 27 heavy (non-hydrogen) atoms. The van der Waals surface area contributed by atoms with E-state index in [1.165, 1.54) is 23.8 Å². The van der Waals surface area contributed by atoms with Crippen LogP contribution in [0.3, 0.4) is 0 Å². The van der Waals surface area contributed by atoms with Gasteiger partial charge in [-0.25, -0.2) is 0 Å². The van der Waals surface area contributed by atoms with E-state index in [0.29, 0.717) is 25.2 Å². The first-order chi connectivity index (χ1) is 12.9. The van der Waals surface area contributed by atoms with E-state index in [9.17, 15) is 18.0 Å². The summed E-state index contributed by atoms with van der Waals surface area (Å²) < 4.78 is 38.8. The smallest absolute Gasteiger partial charge is 0.312 e. The van der Waals surface area contributed by atoms with E-state index in [-0.39, 0.29) is 11.8 Å². The van der Waals surface area contributed by atoms with Gasteiger partial charge >= 0.3 is 6.18 Å². The summed E-state index contributed by atoms with van der Waals surface area (Å²) in [6.45, 7) is 8.48. The molecule has 0 N–H and O–H groups in total. The molecule has 0 saturated carbocycles. The number of hydrogen-bond acceptors (Lipinski definition) is 3. The fourth-order valence-electron chi connectivity index (χ4n) is 3.90. The van der Waals surface area contributed by atoms with Crippen LogP contribution in [-0.2, 0) is 11.0 Å². The number of nitrogens with zero attached hydrogens (tertiary/aromatic N) is 3. The number of alkyl halides is 3. The van der Waals surface area contributed by atoms with Crippen LogP contribution in [0.4, 0.5) is 18.9 Å². The van der Waals surface area contributed by atoms with E-state index < -0.39 is 11.7 Å². The lowest BCUT2D eigenvalue weighted by Crippen LogP contribution is -2.48. The van der Waals surface area contributed by atoms with Gasteiger partial charge in [0.05, 0.1) is 11.5 Å². The summed E-state index contributed by atoms with van der Waals surface area (Å²) in [7, 11) is 0. The van der Waals surface area contributed by atoms with Crippen LogP contribution in [0.15, 0.2) is 24.3 Å². The van der Waals surface area contributed by atoms with Gasteiger partial charge in [-0.2, -0.15) is 13.2 Å². The average Bonchev–Trinajstić information content (AvgIpc) is 3.01. The summed E-state index contributed by atoms with van der Waals surface area (Å²) in [5, 5.41) is 0. The van der Waals surface area contributed by atoms with E-state index >= 15 is 0 Å². The maximum absolute atomic E-state index is 12.9. The summed E-state index contributed by atoms with van der Waals surface area (Å²) >= 11 is 0. The number of piperazine rings is 1. The van der Waals surface area contributed by atoms with Gasteiger partial charge in [-0.15, -0.1) is 0 Å². The zero-order valence-electron chi connectivity index (χ0n) is 15.8. The van der Waals surface area contributed by atoms with Crippen LogP contribution >= 0.6 is 0 Å². The topological polar surface area (TPSA) is 26.8 Å². The van der Waals surface area contributed by atoms with Crippen molar-refractivity contribution in [3.63, 3.8) is 0 Å². The third-order valence-corrected chi connectivity index (χ3v) is 5.57. The number of carbonyl (C=O) groups is 1. The fourth-order valence-corrected chi connectivity index (χ4v) is 3.90. The van der Waals surface area contributed by atoms with Crippen LogP contribution in [0.1, 0.15) is 31.7 Å². The third kappa shape index (κ3) is 5.02. The van der Waals surface area contributed by atoms with Gasteiger partial charge in [0.25, 0.3) is 0 Å². The lowest BCUT2D eigenvalue weighted by Gasteiger charge is -2.35. The molecule has 0 aromatic heterocycles. The predicted octanol–water partition coefficient (Wildman–Crippen LogP) is 3.48. The van der Waals surface area contributed by atoms with Gasteiger partial charge in [0.1, 0.15) is 0 Å². The predicted molar refractivity (Wildman–Crippen MR) is 99.7 cm³/mol. The van der Waals surface area contributed by atoms with E-state index in [4.69, 9.17) is 0 Å². The number of hydrogen-bond donors (Lipinski definition) is 0.